The van der Waals surface area contributed by atoms with Gasteiger partial charge in [0.2, 0.25) is 0 Å². The molecule has 0 unspecified atom stereocenters. The lowest BCUT2D eigenvalue weighted by atomic mass is 10.1. The van der Waals surface area contributed by atoms with Gasteiger partial charge in [0.25, 0.3) is 0 Å². The first-order chi connectivity index (χ1) is 44.6. The number of benzene rings is 8. The molecule has 8 aromatic carbocycles. The van der Waals surface area contributed by atoms with E-state index in [9.17, 15) is 0 Å². The van der Waals surface area contributed by atoms with Gasteiger partial charge in [0.05, 0.1) is 102 Å². The maximum absolute atomic E-state index is 7.04. The van der Waals surface area contributed by atoms with Crippen molar-refractivity contribution >= 4 is 66.9 Å². The molecule has 0 radical (unpaired) electrons. The molecule has 5 heterocycles. The van der Waals surface area contributed by atoms with Crippen LogP contribution in [0.1, 0.15) is 55.4 Å². The van der Waals surface area contributed by atoms with Gasteiger partial charge in [0.15, 0.2) is 23.3 Å². The van der Waals surface area contributed by atoms with E-state index in [-0.39, 0.29) is 0 Å². The van der Waals surface area contributed by atoms with Crippen LogP contribution in [0.4, 0.5) is 22.7 Å². The van der Waals surface area contributed by atoms with Gasteiger partial charge in [0.1, 0.15) is 91.3 Å². The highest BCUT2D eigenvalue weighted by Gasteiger charge is 2.31. The summed E-state index contributed by atoms with van der Waals surface area (Å²) in [5, 5.41) is 2.89. The Bertz CT molecular complexity index is 4510. The summed E-state index contributed by atoms with van der Waals surface area (Å²) < 4.78 is 31.1. The van der Waals surface area contributed by atoms with Crippen molar-refractivity contribution in [3.63, 3.8) is 0 Å². The predicted octanol–water partition coefficient (Wildman–Crippen LogP) is 17.9. The van der Waals surface area contributed by atoms with E-state index in [1.54, 1.807) is 0 Å². The van der Waals surface area contributed by atoms with Crippen LogP contribution in [-0.2, 0) is 0 Å². The van der Waals surface area contributed by atoms with Gasteiger partial charge in [-0.15, -0.1) is 0 Å². The van der Waals surface area contributed by atoms with Crippen LogP contribution in [0, 0.1) is 0 Å². The van der Waals surface area contributed by atoms with Crippen molar-refractivity contribution in [1.82, 2.24) is 57.8 Å². The molecule has 0 fully saturated rings. The van der Waals surface area contributed by atoms with Crippen molar-refractivity contribution in [2.45, 2.75) is 55.4 Å². The topological polar surface area (TPSA) is 146 Å². The molecular formula is C76H82N12O4+4. The van der Waals surface area contributed by atoms with E-state index in [1.165, 1.54) is 0 Å². The third-order valence-electron chi connectivity index (χ3n) is 20.0. The second-order valence-electron chi connectivity index (χ2n) is 24.8. The number of nitrogens with zero attached hydrogens (tertiary/aromatic N) is 10. The molecule has 13 rings (SSSR count). The second-order valence-corrected chi connectivity index (χ2v) is 24.8. The molecule has 16 heteroatoms. The highest BCUT2D eigenvalue weighted by atomic mass is 16.5. The molecule has 0 spiro atoms. The summed E-state index contributed by atoms with van der Waals surface area (Å²) in [6.45, 7) is 25.1. The summed E-state index contributed by atoms with van der Waals surface area (Å²) in [5.41, 5.74) is 9.30. The monoisotopic (exact) mass is 1230 g/mol. The Balaban J connectivity index is 1.10. The van der Waals surface area contributed by atoms with Crippen molar-refractivity contribution in [1.29, 1.82) is 0 Å². The predicted molar refractivity (Wildman–Crippen MR) is 377 cm³/mol. The molecule has 92 heavy (non-hydrogen) atoms. The lowest BCUT2D eigenvalue weighted by Gasteiger charge is -2.31. The Hall–Kier alpha value is -9.84. The van der Waals surface area contributed by atoms with Crippen LogP contribution in [-0.4, -0.2) is 120 Å². The third-order valence-corrected chi connectivity index (χ3v) is 20.0. The Morgan fingerprint density at radius 2 is 0.565 bits per heavy atom. The Morgan fingerprint density at radius 1 is 0.293 bits per heavy atom. The number of hydrogen-bond acceptors (Lipinski definition) is 10. The highest BCUT2D eigenvalue weighted by molar-refractivity contribution is 6.10. The van der Waals surface area contributed by atoms with E-state index >= 15 is 0 Å². The third kappa shape index (κ3) is 11.0. The maximum atomic E-state index is 7.04. The largest absolute Gasteiger partial charge is 0.456 e. The van der Waals surface area contributed by atoms with Gasteiger partial charge in [-0.25, -0.2) is 29.9 Å². The van der Waals surface area contributed by atoms with Crippen LogP contribution in [0.2, 0.25) is 0 Å². The summed E-state index contributed by atoms with van der Waals surface area (Å²) in [5.74, 6) is 6.63. The van der Waals surface area contributed by atoms with Gasteiger partial charge in [0, 0.05) is 46.2 Å². The molecule has 466 valence electrons. The molecule has 2 aliphatic rings. The molecule has 11 aromatic rings. The fourth-order valence-corrected chi connectivity index (χ4v) is 12.6. The number of ether oxygens (including phenoxy) is 4. The number of H-pyrrole nitrogens is 2. The molecule has 0 saturated carbocycles. The van der Waals surface area contributed by atoms with Gasteiger partial charge in [-0.2, -0.15) is 0 Å². The number of aromatic nitrogens is 8. The van der Waals surface area contributed by atoms with Crippen LogP contribution >= 0.6 is 0 Å². The molecule has 2 aliphatic heterocycles. The quantitative estimate of drug-likeness (QED) is 0.0707. The average Bonchev–Trinajstić information content (AvgIpc) is 1.60. The fraction of sp³-hybridized carbons (Fsp3) is 0.263. The molecule has 2 N–H and O–H groups in total. The van der Waals surface area contributed by atoms with Gasteiger partial charge >= 0.3 is 0 Å². The van der Waals surface area contributed by atoms with Gasteiger partial charge in [-0.1, -0.05) is 72.8 Å². The average molecular weight is 1230 g/mol. The molecule has 16 nitrogen and oxygen atoms in total. The van der Waals surface area contributed by atoms with Crippen LogP contribution in [0.3, 0.4) is 0 Å². The highest BCUT2D eigenvalue weighted by Crippen LogP contribution is 2.47. The van der Waals surface area contributed by atoms with Crippen molar-refractivity contribution < 1.29 is 18.9 Å². The number of hydrogen-bond donors (Lipinski definition) is 2. The number of fused-ring (bicyclic) bond motifs is 20. The van der Waals surface area contributed by atoms with Crippen LogP contribution in [0.5, 0.6) is 46.0 Å². The normalized spacial score (nSPS) is 12.5. The fourth-order valence-electron chi connectivity index (χ4n) is 12.6. The van der Waals surface area contributed by atoms with Gasteiger partial charge in [-0.3, -0.25) is 17.9 Å². The first-order valence-electron chi connectivity index (χ1n) is 32.4. The summed E-state index contributed by atoms with van der Waals surface area (Å²) >= 11 is 0. The molecule has 3 aromatic heterocycles. The lowest BCUT2D eigenvalue weighted by Crippen LogP contribution is -2.44. The molecule has 0 saturated heterocycles. The second kappa shape index (κ2) is 24.4. The van der Waals surface area contributed by atoms with E-state index in [0.29, 0.717) is 114 Å². The summed E-state index contributed by atoms with van der Waals surface area (Å²) in [6, 6.07) is 57.3. The van der Waals surface area contributed by atoms with Crippen molar-refractivity contribution in [3.8, 4) is 91.5 Å². The number of quaternary nitrogens is 4. The van der Waals surface area contributed by atoms with Crippen LogP contribution in [0.25, 0.3) is 89.7 Å². The zero-order chi connectivity index (χ0) is 64.1. The minimum atomic E-state index is 0.384. The van der Waals surface area contributed by atoms with E-state index in [2.05, 4.69) is 166 Å². The van der Waals surface area contributed by atoms with E-state index < -0.39 is 0 Å². The Labute approximate surface area is 538 Å². The Morgan fingerprint density at radius 3 is 0.880 bits per heavy atom. The minimum absolute atomic E-state index is 0.384. The lowest BCUT2D eigenvalue weighted by molar-refractivity contribution is 0.363. The molecular weight excluding hydrogens is 1140 g/mol. The molecule has 8 bridgehead atoms. The first-order valence-corrected chi connectivity index (χ1v) is 32.4. The summed E-state index contributed by atoms with van der Waals surface area (Å²) in [6.07, 6.45) is 0. The van der Waals surface area contributed by atoms with E-state index in [4.69, 9.17) is 48.9 Å². The molecule has 0 atom stereocenters. The van der Waals surface area contributed by atoms with E-state index in [0.717, 1.165) is 115 Å². The first kappa shape index (κ1) is 61.0. The number of aromatic amines is 2. The summed E-state index contributed by atoms with van der Waals surface area (Å²) in [4.78, 5) is 40.4. The number of nitrogens with one attached hydrogen (secondary N) is 2. The van der Waals surface area contributed by atoms with Crippen molar-refractivity contribution in [2.75, 3.05) is 80.5 Å². The zero-order valence-corrected chi connectivity index (χ0v) is 54.9. The zero-order valence-electron chi connectivity index (χ0n) is 54.9. The van der Waals surface area contributed by atoms with Gasteiger partial charge in [-0.05, 0) is 128 Å². The van der Waals surface area contributed by atoms with E-state index in [1.807, 2.05) is 97.1 Å². The molecule has 0 amide bonds. The smallest absolute Gasteiger partial charge is 0.168 e. The number of rotatable bonds is 20. The molecule has 0 aliphatic carbocycles. The maximum Gasteiger partial charge on any atom is 0.168 e. The standard InChI is InChI=1S/C76H82N12O4/c1-13-85(9,14-2)49-29-21-33-53(45-49)89-61-41-25-37-57-65(61)73-77-69(57)82-74-67-59(39-27-43-63(67)91-55-35-23-31-51(47-55)87(11,17-5)18-6)71(79-74)84-76-68-60(40-28-44-64(68)92-56-36-24-32-52(48-56)88(12,19-7)20-8)72(80-76)83-75-66-58(70(78-75)81-73)38-26-42-62(66)90-54-34-22-30-50(46-54)86(10,15-3)16-4/h21-48H,13-20H2,1-12H3,(H2,77,78,79,80,81,82,83,84)/q+4. The van der Waals surface area contributed by atoms with Crippen LogP contribution in [0.15, 0.2) is 170 Å². The van der Waals surface area contributed by atoms with Gasteiger partial charge < -0.3 is 28.9 Å². The minimum Gasteiger partial charge on any atom is -0.456 e. The van der Waals surface area contributed by atoms with Crippen LogP contribution < -0.4 is 36.9 Å². The van der Waals surface area contributed by atoms with Crippen molar-refractivity contribution in [2.24, 2.45) is 0 Å². The van der Waals surface area contributed by atoms with Crippen molar-refractivity contribution in [3.05, 3.63) is 170 Å². The SMILES string of the molecule is CC[N+](C)(CC)c1cccc(Oc2cccc3c2-c2nc-3nc3[nH]c(nc4nc(nc5[nH]c(n2)c2cccc(Oc6cccc([N+](C)(CC)CC)c6)c52)-c2cccc(Oc5cccc([N+](C)(CC)CC)c5)c2-4)c2cccc(Oc4cccc([N+](C)(CC)CC)c4)c32)c1. The summed E-state index contributed by atoms with van der Waals surface area (Å²) in [7, 11) is 8.98. The Kier molecular flexibility index (Phi) is 16.2.